The van der Waals surface area contributed by atoms with Gasteiger partial charge in [-0.3, -0.25) is 9.78 Å². The van der Waals surface area contributed by atoms with Gasteiger partial charge in [0.1, 0.15) is 11.5 Å². The first kappa shape index (κ1) is 18.4. The largest absolute Gasteiger partial charge is 0.350 e. The molecule has 2 aromatic heterocycles. The van der Waals surface area contributed by atoms with Gasteiger partial charge in [0.15, 0.2) is 0 Å². The Kier molecular flexibility index (Phi) is 5.48. The number of nitrogens with one attached hydrogen (secondary N) is 1. The fourth-order valence-electron chi connectivity index (χ4n) is 3.14. The zero-order chi connectivity index (χ0) is 19.3. The van der Waals surface area contributed by atoms with Crippen LogP contribution >= 0.6 is 15.9 Å². The summed E-state index contributed by atoms with van der Waals surface area (Å²) < 4.78 is 3.27. The predicted octanol–water partition coefficient (Wildman–Crippen LogP) is 4.21. The standard InChI is InChI=1S/C22H19BrN4O/c23-17-10-8-16(9-11-17)15-27-20-7-2-1-5-18(20)26-21(27)12-14-25-22(28)19-6-3-4-13-24-19/h1-11,13H,12,14-15H2,(H,25,28). The summed E-state index contributed by atoms with van der Waals surface area (Å²) in [5.74, 6) is 0.779. The highest BCUT2D eigenvalue weighted by Gasteiger charge is 2.12. The lowest BCUT2D eigenvalue weighted by atomic mass is 10.2. The lowest BCUT2D eigenvalue weighted by Crippen LogP contribution is -2.27. The molecule has 0 aliphatic rings. The highest BCUT2D eigenvalue weighted by molar-refractivity contribution is 9.10. The van der Waals surface area contributed by atoms with Crippen molar-refractivity contribution in [2.24, 2.45) is 0 Å². The first-order chi connectivity index (χ1) is 13.7. The quantitative estimate of drug-likeness (QED) is 0.494. The van der Waals surface area contributed by atoms with Crippen molar-refractivity contribution in [1.82, 2.24) is 19.9 Å². The Morgan fingerprint density at radius 1 is 1.00 bits per heavy atom. The van der Waals surface area contributed by atoms with Gasteiger partial charge in [-0.05, 0) is 42.0 Å². The molecule has 0 aliphatic heterocycles. The number of rotatable bonds is 6. The van der Waals surface area contributed by atoms with Crippen LogP contribution in [0.15, 0.2) is 77.4 Å². The van der Waals surface area contributed by atoms with Crippen molar-refractivity contribution in [2.45, 2.75) is 13.0 Å². The fraction of sp³-hybridized carbons (Fsp3) is 0.136. The molecule has 5 nitrogen and oxygen atoms in total. The van der Waals surface area contributed by atoms with Gasteiger partial charge in [0.2, 0.25) is 0 Å². The molecule has 0 unspecified atom stereocenters. The molecule has 4 rings (SSSR count). The monoisotopic (exact) mass is 434 g/mol. The second-order valence-electron chi connectivity index (χ2n) is 6.45. The lowest BCUT2D eigenvalue weighted by molar-refractivity contribution is 0.0949. The molecule has 0 aliphatic carbocycles. The number of amides is 1. The van der Waals surface area contributed by atoms with Crippen LogP contribution in [0.2, 0.25) is 0 Å². The molecule has 2 aromatic carbocycles. The molecule has 140 valence electrons. The highest BCUT2D eigenvalue weighted by atomic mass is 79.9. The molecule has 6 heteroatoms. The van der Waals surface area contributed by atoms with Crippen LogP contribution in [0.4, 0.5) is 0 Å². The van der Waals surface area contributed by atoms with Crippen molar-refractivity contribution in [2.75, 3.05) is 6.54 Å². The summed E-state index contributed by atoms with van der Waals surface area (Å²) in [5.41, 5.74) is 3.68. The Morgan fingerprint density at radius 3 is 2.57 bits per heavy atom. The molecule has 0 atom stereocenters. The molecule has 0 bridgehead atoms. The maximum absolute atomic E-state index is 12.2. The van der Waals surface area contributed by atoms with Crippen molar-refractivity contribution >= 4 is 32.9 Å². The molecule has 28 heavy (non-hydrogen) atoms. The molecule has 1 N–H and O–H groups in total. The molecule has 1 amide bonds. The van der Waals surface area contributed by atoms with Crippen molar-refractivity contribution in [3.63, 3.8) is 0 Å². The maximum atomic E-state index is 12.2. The minimum atomic E-state index is -0.170. The van der Waals surface area contributed by atoms with Crippen molar-refractivity contribution in [3.8, 4) is 0 Å². The van der Waals surface area contributed by atoms with E-state index < -0.39 is 0 Å². The number of aromatic nitrogens is 3. The smallest absolute Gasteiger partial charge is 0.269 e. The fourth-order valence-corrected chi connectivity index (χ4v) is 3.40. The second kappa shape index (κ2) is 8.35. The summed E-state index contributed by atoms with van der Waals surface area (Å²) in [6.45, 7) is 1.23. The second-order valence-corrected chi connectivity index (χ2v) is 7.37. The number of hydrogen-bond acceptors (Lipinski definition) is 3. The zero-order valence-electron chi connectivity index (χ0n) is 15.2. The molecule has 0 fully saturated rings. The summed E-state index contributed by atoms with van der Waals surface area (Å²) in [5, 5.41) is 2.93. The number of fused-ring (bicyclic) bond motifs is 1. The van der Waals surface area contributed by atoms with Crippen LogP contribution in [0.25, 0.3) is 11.0 Å². The van der Waals surface area contributed by atoms with Crippen LogP contribution in [-0.2, 0) is 13.0 Å². The minimum Gasteiger partial charge on any atom is -0.350 e. The number of imidazole rings is 1. The van der Waals surface area contributed by atoms with Gasteiger partial charge >= 0.3 is 0 Å². The van der Waals surface area contributed by atoms with E-state index in [0.717, 1.165) is 27.9 Å². The Morgan fingerprint density at radius 2 is 1.79 bits per heavy atom. The van der Waals surface area contributed by atoms with Crippen LogP contribution in [0, 0.1) is 0 Å². The predicted molar refractivity (Wildman–Crippen MR) is 113 cm³/mol. The van der Waals surface area contributed by atoms with Gasteiger partial charge in [-0.15, -0.1) is 0 Å². The van der Waals surface area contributed by atoms with Gasteiger partial charge in [0.25, 0.3) is 5.91 Å². The van der Waals surface area contributed by atoms with E-state index >= 15 is 0 Å². The number of nitrogens with zero attached hydrogens (tertiary/aromatic N) is 3. The number of halogens is 1. The van der Waals surface area contributed by atoms with Gasteiger partial charge in [0, 0.05) is 30.2 Å². The van der Waals surface area contributed by atoms with E-state index in [-0.39, 0.29) is 5.91 Å². The van der Waals surface area contributed by atoms with E-state index in [9.17, 15) is 4.79 Å². The minimum absolute atomic E-state index is 0.170. The molecular formula is C22H19BrN4O. The normalized spacial score (nSPS) is 10.9. The summed E-state index contributed by atoms with van der Waals surface area (Å²) in [7, 11) is 0. The van der Waals surface area contributed by atoms with E-state index in [0.29, 0.717) is 18.7 Å². The molecule has 2 heterocycles. The SMILES string of the molecule is O=C(NCCc1nc2ccccc2n1Cc1ccc(Br)cc1)c1ccccn1. The van der Waals surface area contributed by atoms with E-state index in [1.165, 1.54) is 5.56 Å². The Balaban J connectivity index is 1.53. The van der Waals surface area contributed by atoms with Crippen LogP contribution < -0.4 is 5.32 Å². The van der Waals surface area contributed by atoms with Crippen LogP contribution in [0.3, 0.4) is 0 Å². The van der Waals surface area contributed by atoms with Gasteiger partial charge < -0.3 is 9.88 Å². The summed E-state index contributed by atoms with van der Waals surface area (Å²) in [6, 6.07) is 21.7. The number of para-hydroxylation sites is 2. The number of carbonyl (C=O) groups excluding carboxylic acids is 1. The number of benzene rings is 2. The van der Waals surface area contributed by atoms with Crippen LogP contribution in [0.1, 0.15) is 21.9 Å². The van der Waals surface area contributed by atoms with Crippen molar-refractivity contribution in [3.05, 3.63) is 94.5 Å². The topological polar surface area (TPSA) is 59.8 Å². The number of carbonyl (C=O) groups is 1. The van der Waals surface area contributed by atoms with Crippen LogP contribution in [0.5, 0.6) is 0 Å². The van der Waals surface area contributed by atoms with E-state index in [2.05, 4.69) is 49.0 Å². The van der Waals surface area contributed by atoms with Gasteiger partial charge in [-0.25, -0.2) is 4.98 Å². The average molecular weight is 435 g/mol. The third-order valence-electron chi connectivity index (χ3n) is 4.52. The Bertz CT molecular complexity index is 1090. The maximum Gasteiger partial charge on any atom is 0.269 e. The third-order valence-corrected chi connectivity index (χ3v) is 5.05. The molecule has 0 saturated carbocycles. The third kappa shape index (κ3) is 4.12. The number of pyridine rings is 1. The molecule has 0 radical (unpaired) electrons. The highest BCUT2D eigenvalue weighted by Crippen LogP contribution is 2.19. The van der Waals surface area contributed by atoms with Gasteiger partial charge in [-0.1, -0.05) is 46.3 Å². The first-order valence-corrected chi connectivity index (χ1v) is 9.88. The van der Waals surface area contributed by atoms with E-state index in [4.69, 9.17) is 4.98 Å². The van der Waals surface area contributed by atoms with Gasteiger partial charge in [-0.2, -0.15) is 0 Å². The van der Waals surface area contributed by atoms with Crippen molar-refractivity contribution in [1.29, 1.82) is 0 Å². The van der Waals surface area contributed by atoms with Gasteiger partial charge in [0.05, 0.1) is 11.0 Å². The lowest BCUT2D eigenvalue weighted by Gasteiger charge is -2.10. The van der Waals surface area contributed by atoms with Crippen LogP contribution in [-0.4, -0.2) is 27.0 Å². The van der Waals surface area contributed by atoms with E-state index in [1.807, 2.05) is 30.3 Å². The molecule has 0 saturated heterocycles. The Hall–Kier alpha value is -2.99. The first-order valence-electron chi connectivity index (χ1n) is 9.08. The average Bonchev–Trinajstić information content (AvgIpc) is 3.07. The Labute approximate surface area is 171 Å². The summed E-state index contributed by atoms with van der Waals surface area (Å²) in [6.07, 6.45) is 2.26. The number of hydrogen-bond donors (Lipinski definition) is 1. The van der Waals surface area contributed by atoms with Crippen molar-refractivity contribution < 1.29 is 4.79 Å². The molecular weight excluding hydrogens is 416 g/mol. The summed E-state index contributed by atoms with van der Waals surface area (Å²) in [4.78, 5) is 21.1. The summed E-state index contributed by atoms with van der Waals surface area (Å²) >= 11 is 3.48. The zero-order valence-corrected chi connectivity index (χ0v) is 16.8. The molecule has 4 aromatic rings. The molecule has 0 spiro atoms. The van der Waals surface area contributed by atoms with E-state index in [1.54, 1.807) is 24.4 Å².